The van der Waals surface area contributed by atoms with Gasteiger partial charge in [0.15, 0.2) is 0 Å². The van der Waals surface area contributed by atoms with Crippen LogP contribution in [0.4, 0.5) is 0 Å². The van der Waals surface area contributed by atoms with Gasteiger partial charge in [-0.3, -0.25) is 4.90 Å². The van der Waals surface area contributed by atoms with Gasteiger partial charge in [0.1, 0.15) is 11.5 Å². The molecule has 4 rings (SSSR count). The number of furan rings is 1. The van der Waals surface area contributed by atoms with Crippen molar-refractivity contribution in [3.63, 3.8) is 0 Å². The first-order chi connectivity index (χ1) is 11.8. The first kappa shape index (κ1) is 15.4. The van der Waals surface area contributed by atoms with Crippen LogP contribution in [0.3, 0.4) is 0 Å². The number of morpholine rings is 1. The molecular formula is C20H22N2O2. The highest BCUT2D eigenvalue weighted by molar-refractivity contribution is 5.66. The summed E-state index contributed by atoms with van der Waals surface area (Å²) in [5.41, 5.74) is 1.51. The number of ether oxygens (including phenoxy) is 1. The summed E-state index contributed by atoms with van der Waals surface area (Å²) in [5, 5.41) is 9.26. The van der Waals surface area contributed by atoms with Crippen LogP contribution in [0.5, 0.6) is 0 Å². The Labute approximate surface area is 142 Å². The highest BCUT2D eigenvalue weighted by Crippen LogP contribution is 2.31. The quantitative estimate of drug-likeness (QED) is 0.858. The monoisotopic (exact) mass is 322 g/mol. The van der Waals surface area contributed by atoms with Crippen LogP contribution >= 0.6 is 0 Å². The normalized spacial score (nSPS) is 24.3. The summed E-state index contributed by atoms with van der Waals surface area (Å²) >= 11 is 0. The highest BCUT2D eigenvalue weighted by Gasteiger charge is 2.34. The zero-order valence-electron chi connectivity index (χ0n) is 13.8. The van der Waals surface area contributed by atoms with Crippen molar-refractivity contribution < 1.29 is 9.15 Å². The third-order valence-electron chi connectivity index (χ3n) is 5.18. The third-order valence-corrected chi connectivity index (χ3v) is 5.18. The minimum absolute atomic E-state index is 0.390. The van der Waals surface area contributed by atoms with Gasteiger partial charge in [-0.25, -0.2) is 0 Å². The fraction of sp³-hybridized carbons (Fsp3) is 0.450. The number of nitrogens with zero attached hydrogens (tertiary/aromatic N) is 2. The van der Waals surface area contributed by atoms with E-state index in [0.717, 1.165) is 36.8 Å². The van der Waals surface area contributed by atoms with E-state index in [0.29, 0.717) is 17.7 Å². The van der Waals surface area contributed by atoms with Crippen molar-refractivity contribution in [1.82, 2.24) is 4.90 Å². The number of hydrogen-bond donors (Lipinski definition) is 0. The molecule has 124 valence electrons. The topological polar surface area (TPSA) is 49.4 Å². The Balaban J connectivity index is 1.52. The van der Waals surface area contributed by atoms with Gasteiger partial charge in [0, 0.05) is 18.2 Å². The van der Waals surface area contributed by atoms with Crippen LogP contribution < -0.4 is 0 Å². The molecule has 1 aliphatic heterocycles. The molecule has 1 aliphatic carbocycles. The van der Waals surface area contributed by atoms with E-state index in [9.17, 15) is 5.26 Å². The van der Waals surface area contributed by atoms with Crippen LogP contribution in [-0.2, 0) is 11.3 Å². The summed E-state index contributed by atoms with van der Waals surface area (Å²) < 4.78 is 12.0. The number of hydrogen-bond acceptors (Lipinski definition) is 4. The van der Waals surface area contributed by atoms with Gasteiger partial charge in [-0.05, 0) is 37.1 Å². The highest BCUT2D eigenvalue weighted by atomic mass is 16.5. The lowest BCUT2D eigenvalue weighted by atomic mass is 9.90. The summed E-state index contributed by atoms with van der Waals surface area (Å²) in [5.74, 6) is 1.74. The smallest absolute Gasteiger partial charge is 0.135 e. The lowest BCUT2D eigenvalue weighted by Crippen LogP contribution is -2.52. The summed E-state index contributed by atoms with van der Waals surface area (Å²) in [7, 11) is 0. The van der Waals surface area contributed by atoms with Crippen molar-refractivity contribution >= 4 is 0 Å². The average Bonchev–Trinajstić information content (AvgIpc) is 3.10. The van der Waals surface area contributed by atoms with Crippen LogP contribution in [0.25, 0.3) is 11.3 Å². The van der Waals surface area contributed by atoms with E-state index in [1.165, 1.54) is 25.7 Å². The summed E-state index contributed by atoms with van der Waals surface area (Å²) in [6.07, 6.45) is 5.36. The summed E-state index contributed by atoms with van der Waals surface area (Å²) in [6.45, 7) is 2.59. The fourth-order valence-electron chi connectivity index (χ4n) is 3.98. The fourth-order valence-corrected chi connectivity index (χ4v) is 3.98. The average molecular weight is 322 g/mol. The summed E-state index contributed by atoms with van der Waals surface area (Å²) in [6, 6.07) is 14.3. The van der Waals surface area contributed by atoms with E-state index in [1.807, 2.05) is 36.4 Å². The predicted octanol–water partition coefficient (Wildman–Crippen LogP) is 3.96. The molecule has 1 aromatic heterocycles. The standard InChI is InChI=1S/C20H22N2O2/c21-13-15-5-1-2-6-17(15)19-10-9-16(24-19)14-22-11-12-23-20-8-4-3-7-18(20)22/h1-2,5-6,9-10,18,20H,3-4,7-8,11-12,14H2/t18-,20-/m1/s1. The largest absolute Gasteiger partial charge is 0.460 e. The Hall–Kier alpha value is -2.09. The molecule has 2 heterocycles. The zero-order valence-corrected chi connectivity index (χ0v) is 13.8. The van der Waals surface area contributed by atoms with Crippen molar-refractivity contribution in [3.05, 3.63) is 47.7 Å². The number of benzene rings is 1. The van der Waals surface area contributed by atoms with Gasteiger partial charge in [-0.15, -0.1) is 0 Å². The molecule has 0 spiro atoms. The minimum atomic E-state index is 0.390. The second-order valence-corrected chi connectivity index (χ2v) is 6.65. The molecule has 0 amide bonds. The molecule has 1 saturated carbocycles. The van der Waals surface area contributed by atoms with Crippen molar-refractivity contribution in [2.24, 2.45) is 0 Å². The molecule has 0 bridgehead atoms. The van der Waals surface area contributed by atoms with Crippen LogP contribution in [-0.4, -0.2) is 30.2 Å². The van der Waals surface area contributed by atoms with Crippen LogP contribution in [0.2, 0.25) is 0 Å². The molecule has 4 heteroatoms. The Bertz CT molecular complexity index is 744. The third kappa shape index (κ3) is 2.98. The molecule has 4 nitrogen and oxygen atoms in total. The minimum Gasteiger partial charge on any atom is -0.460 e. The first-order valence-corrected chi connectivity index (χ1v) is 8.79. The number of nitriles is 1. The first-order valence-electron chi connectivity index (χ1n) is 8.79. The molecule has 2 aliphatic rings. The van der Waals surface area contributed by atoms with E-state index in [-0.39, 0.29) is 0 Å². The van der Waals surface area contributed by atoms with Crippen molar-refractivity contribution in [3.8, 4) is 17.4 Å². The Kier molecular flexibility index (Phi) is 4.38. The number of rotatable bonds is 3. The van der Waals surface area contributed by atoms with Crippen molar-refractivity contribution in [1.29, 1.82) is 5.26 Å². The molecule has 2 atom stereocenters. The van der Waals surface area contributed by atoms with Crippen molar-refractivity contribution in [2.45, 2.75) is 44.4 Å². The van der Waals surface area contributed by atoms with E-state index in [4.69, 9.17) is 9.15 Å². The molecule has 0 radical (unpaired) electrons. The van der Waals surface area contributed by atoms with Crippen LogP contribution in [0.1, 0.15) is 37.0 Å². The molecule has 24 heavy (non-hydrogen) atoms. The molecule has 1 aromatic carbocycles. The second kappa shape index (κ2) is 6.80. The second-order valence-electron chi connectivity index (χ2n) is 6.65. The van der Waals surface area contributed by atoms with Gasteiger partial charge in [-0.1, -0.05) is 25.0 Å². The van der Waals surface area contributed by atoms with E-state index in [2.05, 4.69) is 11.0 Å². The molecule has 0 N–H and O–H groups in total. The molecule has 0 unspecified atom stereocenters. The number of fused-ring (bicyclic) bond motifs is 1. The zero-order chi connectivity index (χ0) is 16.4. The predicted molar refractivity (Wildman–Crippen MR) is 91.3 cm³/mol. The lowest BCUT2D eigenvalue weighted by molar-refractivity contribution is -0.0926. The van der Waals surface area contributed by atoms with Gasteiger partial charge in [0.2, 0.25) is 0 Å². The Morgan fingerprint density at radius 2 is 2.00 bits per heavy atom. The molecule has 2 aromatic rings. The lowest BCUT2D eigenvalue weighted by Gasteiger charge is -2.43. The Morgan fingerprint density at radius 3 is 2.92 bits per heavy atom. The van der Waals surface area contributed by atoms with Crippen LogP contribution in [0.15, 0.2) is 40.8 Å². The maximum atomic E-state index is 9.26. The van der Waals surface area contributed by atoms with Gasteiger partial charge >= 0.3 is 0 Å². The van der Waals surface area contributed by atoms with Gasteiger partial charge in [0.25, 0.3) is 0 Å². The Morgan fingerprint density at radius 1 is 1.12 bits per heavy atom. The van der Waals surface area contributed by atoms with Gasteiger partial charge in [0.05, 0.1) is 30.9 Å². The maximum absolute atomic E-state index is 9.26. The molecule has 1 saturated heterocycles. The molecular weight excluding hydrogens is 300 g/mol. The van der Waals surface area contributed by atoms with Crippen molar-refractivity contribution in [2.75, 3.05) is 13.2 Å². The summed E-state index contributed by atoms with van der Waals surface area (Å²) in [4.78, 5) is 2.51. The van der Waals surface area contributed by atoms with Gasteiger partial charge in [-0.2, -0.15) is 5.26 Å². The van der Waals surface area contributed by atoms with Crippen LogP contribution in [0, 0.1) is 11.3 Å². The van der Waals surface area contributed by atoms with E-state index < -0.39 is 0 Å². The van der Waals surface area contributed by atoms with Gasteiger partial charge < -0.3 is 9.15 Å². The maximum Gasteiger partial charge on any atom is 0.135 e. The SMILES string of the molecule is N#Cc1ccccc1-c1ccc(CN2CCO[C@@H]3CCCC[C@H]32)o1. The van der Waals surface area contributed by atoms with E-state index in [1.54, 1.807) is 0 Å². The molecule has 2 fully saturated rings. The van der Waals surface area contributed by atoms with E-state index >= 15 is 0 Å².